The molecule has 1 unspecified atom stereocenters. The van der Waals surface area contributed by atoms with Gasteiger partial charge in [0.1, 0.15) is 6.04 Å². The summed E-state index contributed by atoms with van der Waals surface area (Å²) >= 11 is 0. The van der Waals surface area contributed by atoms with Gasteiger partial charge in [0.2, 0.25) is 11.8 Å². The number of carbonyl (C=O) groups is 3. The largest absolute Gasteiger partial charge is 0.328 e. The molecule has 2 aliphatic heterocycles. The molecule has 28 heavy (non-hydrogen) atoms. The minimum absolute atomic E-state index is 0.124. The summed E-state index contributed by atoms with van der Waals surface area (Å²) in [6.45, 7) is 2.16. The molecule has 4 rings (SSSR count). The van der Waals surface area contributed by atoms with E-state index in [4.69, 9.17) is 5.73 Å². The molecule has 1 saturated heterocycles. The molecule has 3 atom stereocenters. The lowest BCUT2D eigenvalue weighted by Gasteiger charge is -2.29. The van der Waals surface area contributed by atoms with E-state index in [-0.39, 0.29) is 24.1 Å². The molecular formula is C21H28N4O3. The zero-order valence-corrected chi connectivity index (χ0v) is 16.1. The fourth-order valence-electron chi connectivity index (χ4n) is 4.65. The summed E-state index contributed by atoms with van der Waals surface area (Å²) in [5.74, 6) is -0.0203. The Morgan fingerprint density at radius 1 is 1.18 bits per heavy atom. The topological polar surface area (TPSA) is 105 Å². The smallest absolute Gasteiger partial charge is 0.255 e. The van der Waals surface area contributed by atoms with Crippen molar-refractivity contribution in [3.05, 3.63) is 34.9 Å². The van der Waals surface area contributed by atoms with E-state index in [1.165, 1.54) is 6.42 Å². The molecular weight excluding hydrogens is 356 g/mol. The molecule has 3 aliphatic rings. The number of piperidine rings is 1. The average molecular weight is 384 g/mol. The van der Waals surface area contributed by atoms with Crippen LogP contribution in [0.3, 0.4) is 0 Å². The van der Waals surface area contributed by atoms with Gasteiger partial charge in [-0.2, -0.15) is 0 Å². The predicted molar refractivity (Wildman–Crippen MR) is 104 cm³/mol. The van der Waals surface area contributed by atoms with Crippen LogP contribution in [0.1, 0.15) is 60.0 Å². The van der Waals surface area contributed by atoms with E-state index in [0.717, 1.165) is 49.4 Å². The highest BCUT2D eigenvalue weighted by atomic mass is 16.2. The van der Waals surface area contributed by atoms with Crippen LogP contribution >= 0.6 is 0 Å². The van der Waals surface area contributed by atoms with Crippen molar-refractivity contribution in [3.63, 3.8) is 0 Å². The number of benzene rings is 1. The van der Waals surface area contributed by atoms with E-state index < -0.39 is 6.04 Å². The molecule has 1 aromatic rings. The molecule has 0 bridgehead atoms. The lowest BCUT2D eigenvalue weighted by atomic mass is 10.0. The molecule has 7 nitrogen and oxygen atoms in total. The third kappa shape index (κ3) is 3.95. The Bertz CT molecular complexity index is 794. The fraction of sp³-hybridized carbons (Fsp3) is 0.571. The normalized spacial score (nSPS) is 27.2. The summed E-state index contributed by atoms with van der Waals surface area (Å²) in [5, 5.41) is 5.83. The van der Waals surface area contributed by atoms with E-state index in [0.29, 0.717) is 24.6 Å². The Morgan fingerprint density at radius 3 is 2.79 bits per heavy atom. The highest BCUT2D eigenvalue weighted by Gasteiger charge is 2.39. The maximum atomic E-state index is 12.7. The van der Waals surface area contributed by atoms with E-state index >= 15 is 0 Å². The summed E-state index contributed by atoms with van der Waals surface area (Å²) < 4.78 is 0. The maximum Gasteiger partial charge on any atom is 0.255 e. The lowest BCUT2D eigenvalue weighted by molar-refractivity contribution is -0.136. The first-order valence-electron chi connectivity index (χ1n) is 10.2. The standard InChI is InChI=1S/C21H28N4O3/c22-16-3-1-13(10-16)7-8-23-11-14-2-4-17-15(9-14)12-25(21(17)28)18-5-6-19(26)24-20(18)27/h2,4,9,13,16,18,23H,1,3,5-8,10-12,22H2,(H,24,26,27)/t13-,16-,18?/m1/s1. The van der Waals surface area contributed by atoms with Crippen LogP contribution in [-0.4, -0.2) is 41.2 Å². The zero-order chi connectivity index (χ0) is 19.7. The molecule has 1 aliphatic carbocycles. The first-order valence-corrected chi connectivity index (χ1v) is 10.2. The summed E-state index contributed by atoms with van der Waals surface area (Å²) in [6, 6.07) is 5.71. The number of fused-ring (bicyclic) bond motifs is 1. The molecule has 3 amide bonds. The molecule has 1 aromatic carbocycles. The summed E-state index contributed by atoms with van der Waals surface area (Å²) in [7, 11) is 0. The molecule has 0 radical (unpaired) electrons. The van der Waals surface area contributed by atoms with Gasteiger partial charge in [-0.3, -0.25) is 19.7 Å². The zero-order valence-electron chi connectivity index (χ0n) is 16.1. The van der Waals surface area contributed by atoms with Crippen molar-refractivity contribution in [2.24, 2.45) is 11.7 Å². The van der Waals surface area contributed by atoms with E-state index in [1.54, 1.807) is 4.90 Å². The molecule has 1 saturated carbocycles. The van der Waals surface area contributed by atoms with Crippen molar-refractivity contribution in [1.29, 1.82) is 0 Å². The minimum atomic E-state index is -0.558. The number of rotatable bonds is 6. The lowest BCUT2D eigenvalue weighted by Crippen LogP contribution is -2.52. The number of hydrogen-bond acceptors (Lipinski definition) is 5. The van der Waals surface area contributed by atoms with E-state index in [2.05, 4.69) is 16.7 Å². The Kier molecular flexibility index (Phi) is 5.46. The second kappa shape index (κ2) is 8.01. The first kappa shape index (κ1) is 19.1. The summed E-state index contributed by atoms with van der Waals surface area (Å²) in [4.78, 5) is 37.8. The molecule has 0 spiro atoms. The number of nitrogens with one attached hydrogen (secondary N) is 2. The van der Waals surface area contributed by atoms with Crippen LogP contribution in [-0.2, 0) is 22.7 Å². The van der Waals surface area contributed by atoms with Crippen molar-refractivity contribution < 1.29 is 14.4 Å². The number of imide groups is 1. The number of hydrogen-bond donors (Lipinski definition) is 3. The van der Waals surface area contributed by atoms with Crippen LogP contribution in [0.25, 0.3) is 0 Å². The van der Waals surface area contributed by atoms with Crippen LogP contribution in [0.4, 0.5) is 0 Å². The third-order valence-corrected chi connectivity index (χ3v) is 6.23. The van der Waals surface area contributed by atoms with Gasteiger partial charge in [0.25, 0.3) is 5.91 Å². The van der Waals surface area contributed by atoms with Gasteiger partial charge in [0, 0.05) is 31.1 Å². The van der Waals surface area contributed by atoms with Crippen LogP contribution in [0.15, 0.2) is 18.2 Å². The highest BCUT2D eigenvalue weighted by Crippen LogP contribution is 2.28. The summed E-state index contributed by atoms with van der Waals surface area (Å²) in [6.07, 6.45) is 5.34. The van der Waals surface area contributed by atoms with Gasteiger partial charge in [0.05, 0.1) is 0 Å². The molecule has 2 heterocycles. The molecule has 2 fully saturated rings. The minimum Gasteiger partial charge on any atom is -0.328 e. The Hall–Kier alpha value is -2.25. The third-order valence-electron chi connectivity index (χ3n) is 6.23. The monoisotopic (exact) mass is 384 g/mol. The van der Waals surface area contributed by atoms with Gasteiger partial charge in [-0.25, -0.2) is 0 Å². The Balaban J connectivity index is 1.32. The molecule has 150 valence electrons. The number of nitrogens with zero attached hydrogens (tertiary/aromatic N) is 1. The van der Waals surface area contributed by atoms with Crippen LogP contribution < -0.4 is 16.4 Å². The Morgan fingerprint density at radius 2 is 2.04 bits per heavy atom. The van der Waals surface area contributed by atoms with E-state index in [1.807, 2.05) is 12.1 Å². The fourth-order valence-corrected chi connectivity index (χ4v) is 4.65. The second-order valence-corrected chi connectivity index (χ2v) is 8.30. The number of amides is 3. The van der Waals surface area contributed by atoms with Crippen molar-refractivity contribution in [3.8, 4) is 0 Å². The SMILES string of the molecule is N[C@@H]1CC[C@H](CCNCc2ccc3c(c2)CN(C2CCC(=O)NC2=O)C3=O)C1. The first-order chi connectivity index (χ1) is 13.5. The highest BCUT2D eigenvalue weighted by molar-refractivity contribution is 6.05. The molecule has 0 aromatic heterocycles. The number of nitrogens with two attached hydrogens (primary N) is 1. The van der Waals surface area contributed by atoms with Crippen LogP contribution in [0, 0.1) is 5.92 Å². The van der Waals surface area contributed by atoms with Gasteiger partial charge in [-0.15, -0.1) is 0 Å². The average Bonchev–Trinajstić information content (AvgIpc) is 3.22. The molecule has 7 heteroatoms. The van der Waals surface area contributed by atoms with Crippen molar-refractivity contribution in [1.82, 2.24) is 15.5 Å². The van der Waals surface area contributed by atoms with Crippen molar-refractivity contribution in [2.45, 2.75) is 63.7 Å². The van der Waals surface area contributed by atoms with Gasteiger partial charge >= 0.3 is 0 Å². The predicted octanol–water partition coefficient (Wildman–Crippen LogP) is 1.05. The van der Waals surface area contributed by atoms with Gasteiger partial charge in [-0.05, 0) is 61.8 Å². The van der Waals surface area contributed by atoms with Gasteiger partial charge in [0.15, 0.2) is 0 Å². The van der Waals surface area contributed by atoms with Crippen molar-refractivity contribution in [2.75, 3.05) is 6.54 Å². The van der Waals surface area contributed by atoms with Crippen LogP contribution in [0.2, 0.25) is 0 Å². The summed E-state index contributed by atoms with van der Waals surface area (Å²) in [5.41, 5.74) is 8.72. The van der Waals surface area contributed by atoms with Gasteiger partial charge in [-0.1, -0.05) is 12.1 Å². The second-order valence-electron chi connectivity index (χ2n) is 8.30. The quantitative estimate of drug-likeness (QED) is 0.502. The number of carbonyl (C=O) groups excluding carboxylic acids is 3. The Labute approximate surface area is 165 Å². The van der Waals surface area contributed by atoms with Crippen LogP contribution in [0.5, 0.6) is 0 Å². The van der Waals surface area contributed by atoms with Gasteiger partial charge < -0.3 is 16.0 Å². The molecule has 4 N–H and O–H groups in total. The van der Waals surface area contributed by atoms with E-state index in [9.17, 15) is 14.4 Å². The van der Waals surface area contributed by atoms with Crippen molar-refractivity contribution >= 4 is 17.7 Å². The maximum absolute atomic E-state index is 12.7.